The van der Waals surface area contributed by atoms with Crippen molar-refractivity contribution in [2.45, 2.75) is 13.3 Å². The van der Waals surface area contributed by atoms with E-state index in [1.165, 1.54) is 22.3 Å². The summed E-state index contributed by atoms with van der Waals surface area (Å²) in [7, 11) is 4.06. The van der Waals surface area contributed by atoms with Gasteiger partial charge in [0.15, 0.2) is 0 Å². The summed E-state index contributed by atoms with van der Waals surface area (Å²) in [5.74, 6) is 1.03. The molecule has 4 heteroatoms. The number of H-pyrrole nitrogens is 1. The second kappa shape index (κ2) is 5.13. The SMILES string of the molecule is CNCCc1nc(-c2c[nH]c3ccccc23)n(C)c1C. The summed E-state index contributed by atoms with van der Waals surface area (Å²) in [5, 5.41) is 4.40. The normalized spacial score (nSPS) is 11.3. The summed E-state index contributed by atoms with van der Waals surface area (Å²) in [5.41, 5.74) is 4.73. The average molecular weight is 268 g/mol. The molecule has 0 unspecified atom stereocenters. The zero-order valence-corrected chi connectivity index (χ0v) is 12.2. The Kier molecular flexibility index (Phi) is 3.32. The van der Waals surface area contributed by atoms with Crippen LogP contribution in [-0.4, -0.2) is 28.1 Å². The molecular weight excluding hydrogens is 248 g/mol. The predicted molar refractivity (Wildman–Crippen MR) is 82.9 cm³/mol. The lowest BCUT2D eigenvalue weighted by atomic mass is 10.1. The molecule has 3 rings (SSSR count). The fourth-order valence-corrected chi connectivity index (χ4v) is 2.61. The minimum Gasteiger partial charge on any atom is -0.360 e. The highest BCUT2D eigenvalue weighted by atomic mass is 15.1. The Bertz CT molecular complexity index is 736. The smallest absolute Gasteiger partial charge is 0.142 e. The molecule has 0 aliphatic heterocycles. The van der Waals surface area contributed by atoms with Gasteiger partial charge in [0.1, 0.15) is 5.82 Å². The number of rotatable bonds is 4. The molecular formula is C16H20N4. The van der Waals surface area contributed by atoms with Crippen molar-refractivity contribution in [3.05, 3.63) is 41.9 Å². The first-order valence-electron chi connectivity index (χ1n) is 6.95. The second-order valence-corrected chi connectivity index (χ2v) is 5.13. The average Bonchev–Trinajstić information content (AvgIpc) is 3.00. The van der Waals surface area contributed by atoms with E-state index in [1.54, 1.807) is 0 Å². The van der Waals surface area contributed by atoms with Crippen LogP contribution in [0.2, 0.25) is 0 Å². The second-order valence-electron chi connectivity index (χ2n) is 5.13. The van der Waals surface area contributed by atoms with Gasteiger partial charge in [0.25, 0.3) is 0 Å². The van der Waals surface area contributed by atoms with E-state index in [0.29, 0.717) is 0 Å². The molecule has 0 saturated carbocycles. The number of nitrogens with one attached hydrogen (secondary N) is 2. The Labute approximate surface area is 118 Å². The van der Waals surface area contributed by atoms with Crippen molar-refractivity contribution < 1.29 is 0 Å². The van der Waals surface area contributed by atoms with Crippen LogP contribution >= 0.6 is 0 Å². The quantitative estimate of drug-likeness (QED) is 0.764. The molecule has 0 aliphatic carbocycles. The van der Waals surface area contributed by atoms with Crippen molar-refractivity contribution >= 4 is 10.9 Å². The van der Waals surface area contributed by atoms with Crippen LogP contribution in [-0.2, 0) is 13.5 Å². The van der Waals surface area contributed by atoms with Crippen LogP contribution in [0, 0.1) is 6.92 Å². The molecule has 2 heterocycles. The molecule has 20 heavy (non-hydrogen) atoms. The van der Waals surface area contributed by atoms with Crippen molar-refractivity contribution in [3.8, 4) is 11.4 Å². The van der Waals surface area contributed by atoms with E-state index in [9.17, 15) is 0 Å². The number of fused-ring (bicyclic) bond motifs is 1. The fraction of sp³-hybridized carbons (Fsp3) is 0.312. The van der Waals surface area contributed by atoms with E-state index >= 15 is 0 Å². The highest BCUT2D eigenvalue weighted by Gasteiger charge is 2.15. The molecule has 0 fully saturated rings. The third-order valence-corrected chi connectivity index (χ3v) is 3.92. The first-order chi connectivity index (χ1) is 9.72. The van der Waals surface area contributed by atoms with Gasteiger partial charge < -0.3 is 14.9 Å². The Morgan fingerprint density at radius 3 is 2.90 bits per heavy atom. The number of aromatic amines is 1. The minimum atomic E-state index is 0.950. The highest BCUT2D eigenvalue weighted by Crippen LogP contribution is 2.28. The maximum absolute atomic E-state index is 4.84. The lowest BCUT2D eigenvalue weighted by Crippen LogP contribution is -2.11. The van der Waals surface area contributed by atoms with E-state index < -0.39 is 0 Å². The van der Waals surface area contributed by atoms with Gasteiger partial charge in [-0.2, -0.15) is 0 Å². The maximum Gasteiger partial charge on any atom is 0.142 e. The lowest BCUT2D eigenvalue weighted by Gasteiger charge is -2.02. The summed E-state index contributed by atoms with van der Waals surface area (Å²) in [6.45, 7) is 3.08. The number of hydrogen-bond donors (Lipinski definition) is 2. The Hall–Kier alpha value is -2.07. The minimum absolute atomic E-state index is 0.950. The molecule has 0 saturated heterocycles. The summed E-state index contributed by atoms with van der Waals surface area (Å²) in [4.78, 5) is 8.16. The van der Waals surface area contributed by atoms with Crippen LogP contribution in [0.1, 0.15) is 11.4 Å². The molecule has 0 aliphatic rings. The van der Waals surface area contributed by atoms with Crippen molar-refractivity contribution in [1.82, 2.24) is 19.9 Å². The standard InChI is InChI=1S/C16H20N4/c1-11-14(8-9-17-2)19-16(20(11)3)13-10-18-15-7-5-4-6-12(13)15/h4-7,10,17-18H,8-9H2,1-3H3. The number of aromatic nitrogens is 3. The Morgan fingerprint density at radius 2 is 2.10 bits per heavy atom. The molecule has 3 aromatic rings. The van der Waals surface area contributed by atoms with Gasteiger partial charge >= 0.3 is 0 Å². The number of nitrogens with zero attached hydrogens (tertiary/aromatic N) is 2. The molecule has 2 N–H and O–H groups in total. The van der Waals surface area contributed by atoms with Crippen LogP contribution < -0.4 is 5.32 Å². The van der Waals surface area contributed by atoms with Gasteiger partial charge in [-0.25, -0.2) is 4.98 Å². The van der Waals surface area contributed by atoms with Crippen molar-refractivity contribution in [1.29, 1.82) is 0 Å². The van der Waals surface area contributed by atoms with Gasteiger partial charge in [-0.05, 0) is 20.0 Å². The molecule has 104 valence electrons. The first kappa shape index (κ1) is 12.9. The maximum atomic E-state index is 4.84. The number of hydrogen-bond acceptors (Lipinski definition) is 2. The third-order valence-electron chi connectivity index (χ3n) is 3.92. The molecule has 2 aromatic heterocycles. The number of imidazole rings is 1. The van der Waals surface area contributed by atoms with Crippen LogP contribution in [0.15, 0.2) is 30.5 Å². The molecule has 4 nitrogen and oxygen atoms in total. The first-order valence-corrected chi connectivity index (χ1v) is 6.95. The van der Waals surface area contributed by atoms with Crippen LogP contribution in [0.25, 0.3) is 22.3 Å². The van der Waals surface area contributed by atoms with E-state index in [4.69, 9.17) is 4.98 Å². The Morgan fingerprint density at radius 1 is 1.30 bits per heavy atom. The topological polar surface area (TPSA) is 45.6 Å². The van der Waals surface area contributed by atoms with Crippen molar-refractivity contribution in [2.75, 3.05) is 13.6 Å². The Balaban J connectivity index is 2.10. The predicted octanol–water partition coefficient (Wildman–Crippen LogP) is 2.64. The third kappa shape index (κ3) is 2.02. The molecule has 0 spiro atoms. The van der Waals surface area contributed by atoms with E-state index in [0.717, 1.165) is 24.3 Å². The highest BCUT2D eigenvalue weighted by molar-refractivity contribution is 5.93. The summed E-state index contributed by atoms with van der Waals surface area (Å²) in [6.07, 6.45) is 3.01. The molecule has 0 amide bonds. The summed E-state index contributed by atoms with van der Waals surface area (Å²) >= 11 is 0. The van der Waals surface area contributed by atoms with Crippen LogP contribution in [0.5, 0.6) is 0 Å². The van der Waals surface area contributed by atoms with Gasteiger partial charge in [0, 0.05) is 48.4 Å². The number of benzene rings is 1. The van der Waals surface area contributed by atoms with Crippen LogP contribution in [0.4, 0.5) is 0 Å². The van der Waals surface area contributed by atoms with Crippen molar-refractivity contribution in [3.63, 3.8) is 0 Å². The van der Waals surface area contributed by atoms with Gasteiger partial charge in [-0.15, -0.1) is 0 Å². The van der Waals surface area contributed by atoms with Gasteiger partial charge in [0.2, 0.25) is 0 Å². The van der Waals surface area contributed by atoms with E-state index in [1.807, 2.05) is 19.3 Å². The zero-order valence-electron chi connectivity index (χ0n) is 12.2. The zero-order chi connectivity index (χ0) is 14.1. The van der Waals surface area contributed by atoms with E-state index in [2.05, 4.69) is 47.0 Å². The van der Waals surface area contributed by atoms with Gasteiger partial charge in [-0.3, -0.25) is 0 Å². The number of para-hydroxylation sites is 1. The van der Waals surface area contributed by atoms with Gasteiger partial charge in [-0.1, -0.05) is 18.2 Å². The lowest BCUT2D eigenvalue weighted by molar-refractivity contribution is 0.772. The van der Waals surface area contributed by atoms with Gasteiger partial charge in [0.05, 0.1) is 5.69 Å². The summed E-state index contributed by atoms with van der Waals surface area (Å²) < 4.78 is 2.18. The molecule has 0 atom stereocenters. The molecule has 0 radical (unpaired) electrons. The fourth-order valence-electron chi connectivity index (χ4n) is 2.61. The number of likely N-dealkylation sites (N-methyl/N-ethyl adjacent to an activating group) is 1. The molecule has 0 bridgehead atoms. The summed E-state index contributed by atoms with van der Waals surface area (Å²) in [6, 6.07) is 8.34. The van der Waals surface area contributed by atoms with E-state index in [-0.39, 0.29) is 0 Å². The monoisotopic (exact) mass is 268 g/mol. The molecule has 1 aromatic carbocycles. The van der Waals surface area contributed by atoms with Crippen molar-refractivity contribution in [2.24, 2.45) is 7.05 Å². The largest absolute Gasteiger partial charge is 0.360 e. The van der Waals surface area contributed by atoms with Crippen LogP contribution in [0.3, 0.4) is 0 Å².